The van der Waals surface area contributed by atoms with Crippen molar-refractivity contribution in [3.05, 3.63) is 48.0 Å². The first-order valence-corrected chi connectivity index (χ1v) is 7.66. The summed E-state index contributed by atoms with van der Waals surface area (Å²) in [5, 5.41) is 2.63. The van der Waals surface area contributed by atoms with Gasteiger partial charge in [-0.15, -0.1) is 0 Å². The van der Waals surface area contributed by atoms with Gasteiger partial charge in [0.05, 0.1) is 12.7 Å². The van der Waals surface area contributed by atoms with Crippen LogP contribution in [-0.4, -0.2) is 38.8 Å². The number of carbonyl (C=O) groups is 2. The molecular weight excluding hydrogens is 326 g/mol. The fourth-order valence-electron chi connectivity index (χ4n) is 2.28. The number of nitrogens with one attached hydrogen (secondary N) is 1. The van der Waals surface area contributed by atoms with Gasteiger partial charge in [0, 0.05) is 11.8 Å². The molecule has 0 spiro atoms. The smallest absolute Gasteiger partial charge is 0.338 e. The van der Waals surface area contributed by atoms with E-state index in [0.717, 1.165) is 0 Å². The molecule has 1 amide bonds. The molecule has 0 radical (unpaired) electrons. The Balaban J connectivity index is 1.55. The number of rotatable bonds is 5. The van der Waals surface area contributed by atoms with Gasteiger partial charge in [-0.2, -0.15) is 0 Å². The number of hydrogen-bond donors (Lipinski definition) is 1. The van der Waals surface area contributed by atoms with Crippen molar-refractivity contribution in [1.82, 2.24) is 0 Å². The number of amides is 1. The molecule has 0 saturated heterocycles. The highest BCUT2D eigenvalue weighted by molar-refractivity contribution is 5.95. The molecule has 2 aromatic carbocycles. The van der Waals surface area contributed by atoms with E-state index in [-0.39, 0.29) is 0 Å². The van der Waals surface area contributed by atoms with Crippen LogP contribution in [0.1, 0.15) is 10.4 Å². The van der Waals surface area contributed by atoms with Gasteiger partial charge in [0.1, 0.15) is 19.0 Å². The monoisotopic (exact) mass is 343 g/mol. The zero-order chi connectivity index (χ0) is 17.6. The molecule has 1 N–H and O–H groups in total. The highest BCUT2D eigenvalue weighted by atomic mass is 16.6. The maximum absolute atomic E-state index is 12.1. The van der Waals surface area contributed by atoms with E-state index in [2.05, 4.69) is 5.32 Å². The number of ether oxygens (including phenoxy) is 4. The molecule has 0 bridgehead atoms. The van der Waals surface area contributed by atoms with E-state index in [1.807, 2.05) is 0 Å². The van der Waals surface area contributed by atoms with Crippen LogP contribution in [0, 0.1) is 0 Å². The predicted octanol–water partition coefficient (Wildman–Crippen LogP) is 2.26. The first kappa shape index (κ1) is 16.6. The summed E-state index contributed by atoms with van der Waals surface area (Å²) in [6.45, 7) is 0.500. The van der Waals surface area contributed by atoms with Crippen LogP contribution in [0.2, 0.25) is 0 Å². The summed E-state index contributed by atoms with van der Waals surface area (Å²) in [6.07, 6.45) is 0. The summed E-state index contributed by atoms with van der Waals surface area (Å²) < 4.78 is 20.9. The molecule has 1 aliphatic rings. The summed E-state index contributed by atoms with van der Waals surface area (Å²) in [5.74, 6) is 0.628. The molecule has 1 heterocycles. The lowest BCUT2D eigenvalue weighted by Crippen LogP contribution is -2.21. The standard InChI is InChI=1S/C18H17NO6/c1-22-14-4-2-3-13(10-14)19-17(20)11-25-18(21)12-5-6-15-16(9-12)24-8-7-23-15/h2-6,9-10H,7-8,11H2,1H3,(H,19,20). The van der Waals surface area contributed by atoms with Gasteiger partial charge < -0.3 is 24.3 Å². The summed E-state index contributed by atoms with van der Waals surface area (Å²) in [7, 11) is 1.54. The normalized spacial score (nSPS) is 12.2. The second-order valence-electron chi connectivity index (χ2n) is 5.21. The van der Waals surface area contributed by atoms with Gasteiger partial charge in [0.15, 0.2) is 18.1 Å². The summed E-state index contributed by atoms with van der Waals surface area (Å²) in [5.41, 5.74) is 0.846. The van der Waals surface area contributed by atoms with Crippen molar-refractivity contribution >= 4 is 17.6 Å². The maximum atomic E-state index is 12.1. The van der Waals surface area contributed by atoms with Crippen LogP contribution in [0.15, 0.2) is 42.5 Å². The highest BCUT2D eigenvalue weighted by Gasteiger charge is 2.16. The number of benzene rings is 2. The Kier molecular flexibility index (Phi) is 5.03. The zero-order valence-corrected chi connectivity index (χ0v) is 13.6. The first-order chi connectivity index (χ1) is 12.2. The molecule has 0 unspecified atom stereocenters. The quantitative estimate of drug-likeness (QED) is 0.839. The van der Waals surface area contributed by atoms with E-state index in [4.69, 9.17) is 18.9 Å². The molecular formula is C18H17NO6. The molecule has 0 atom stereocenters. The average molecular weight is 343 g/mol. The molecule has 130 valence electrons. The van der Waals surface area contributed by atoms with Crippen LogP contribution >= 0.6 is 0 Å². The Morgan fingerprint density at radius 3 is 2.68 bits per heavy atom. The molecule has 0 saturated carbocycles. The summed E-state index contributed by atoms with van der Waals surface area (Å²) in [6, 6.07) is 11.6. The van der Waals surface area contributed by atoms with Gasteiger partial charge in [-0.05, 0) is 30.3 Å². The highest BCUT2D eigenvalue weighted by Crippen LogP contribution is 2.30. The van der Waals surface area contributed by atoms with Crippen LogP contribution < -0.4 is 19.5 Å². The molecule has 7 heteroatoms. The van der Waals surface area contributed by atoms with Crippen molar-refractivity contribution in [2.75, 3.05) is 32.2 Å². The Bertz CT molecular complexity index is 789. The largest absolute Gasteiger partial charge is 0.497 e. The van der Waals surface area contributed by atoms with E-state index < -0.39 is 18.5 Å². The lowest BCUT2D eigenvalue weighted by molar-refractivity contribution is -0.119. The zero-order valence-electron chi connectivity index (χ0n) is 13.6. The number of methoxy groups -OCH3 is 1. The van der Waals surface area contributed by atoms with Crippen LogP contribution in [0.4, 0.5) is 5.69 Å². The molecule has 3 rings (SSSR count). The minimum atomic E-state index is -0.613. The predicted molar refractivity (Wildman–Crippen MR) is 89.3 cm³/mol. The van der Waals surface area contributed by atoms with Crippen molar-refractivity contribution in [1.29, 1.82) is 0 Å². The number of hydrogen-bond acceptors (Lipinski definition) is 6. The van der Waals surface area contributed by atoms with Gasteiger partial charge in [-0.1, -0.05) is 6.07 Å². The molecule has 7 nitrogen and oxygen atoms in total. The molecule has 0 fully saturated rings. The van der Waals surface area contributed by atoms with Crippen LogP contribution in [-0.2, 0) is 9.53 Å². The lowest BCUT2D eigenvalue weighted by Gasteiger charge is -2.18. The Morgan fingerprint density at radius 1 is 1.08 bits per heavy atom. The molecule has 2 aromatic rings. The van der Waals surface area contributed by atoms with E-state index in [1.165, 1.54) is 13.2 Å². The van der Waals surface area contributed by atoms with Crippen molar-refractivity contribution in [2.24, 2.45) is 0 Å². The molecule has 0 aromatic heterocycles. The van der Waals surface area contributed by atoms with Crippen molar-refractivity contribution in [3.63, 3.8) is 0 Å². The van der Waals surface area contributed by atoms with Crippen LogP contribution in [0.3, 0.4) is 0 Å². The third-order valence-corrected chi connectivity index (χ3v) is 3.47. The fourth-order valence-corrected chi connectivity index (χ4v) is 2.28. The van der Waals surface area contributed by atoms with Crippen molar-refractivity contribution in [3.8, 4) is 17.2 Å². The lowest BCUT2D eigenvalue weighted by atomic mass is 10.2. The number of carbonyl (C=O) groups excluding carboxylic acids is 2. The number of anilines is 1. The first-order valence-electron chi connectivity index (χ1n) is 7.66. The van der Waals surface area contributed by atoms with Gasteiger partial charge in [-0.25, -0.2) is 4.79 Å². The molecule has 0 aliphatic carbocycles. The Hall–Kier alpha value is -3.22. The maximum Gasteiger partial charge on any atom is 0.338 e. The number of fused-ring (bicyclic) bond motifs is 1. The Labute approximate surface area is 144 Å². The minimum absolute atomic E-state index is 0.290. The topological polar surface area (TPSA) is 83.1 Å². The Morgan fingerprint density at radius 2 is 1.88 bits per heavy atom. The average Bonchev–Trinajstić information content (AvgIpc) is 2.65. The third kappa shape index (κ3) is 4.20. The second kappa shape index (κ2) is 7.57. The van der Waals surface area contributed by atoms with Crippen LogP contribution in [0.25, 0.3) is 0 Å². The molecule has 25 heavy (non-hydrogen) atoms. The van der Waals surface area contributed by atoms with Gasteiger partial charge >= 0.3 is 5.97 Å². The van der Waals surface area contributed by atoms with E-state index >= 15 is 0 Å². The minimum Gasteiger partial charge on any atom is -0.497 e. The second-order valence-corrected chi connectivity index (χ2v) is 5.21. The third-order valence-electron chi connectivity index (χ3n) is 3.47. The van der Waals surface area contributed by atoms with Gasteiger partial charge in [0.2, 0.25) is 0 Å². The van der Waals surface area contributed by atoms with E-state index in [1.54, 1.807) is 36.4 Å². The van der Waals surface area contributed by atoms with Crippen molar-refractivity contribution < 1.29 is 28.5 Å². The summed E-state index contributed by atoms with van der Waals surface area (Å²) in [4.78, 5) is 24.0. The van der Waals surface area contributed by atoms with Crippen LogP contribution in [0.5, 0.6) is 17.2 Å². The van der Waals surface area contributed by atoms with Gasteiger partial charge in [0.25, 0.3) is 5.91 Å². The van der Waals surface area contributed by atoms with E-state index in [0.29, 0.717) is 41.7 Å². The van der Waals surface area contributed by atoms with Crippen molar-refractivity contribution in [2.45, 2.75) is 0 Å². The number of esters is 1. The van der Waals surface area contributed by atoms with E-state index in [9.17, 15) is 9.59 Å². The van der Waals surface area contributed by atoms with Gasteiger partial charge in [-0.3, -0.25) is 4.79 Å². The fraction of sp³-hybridized carbons (Fsp3) is 0.222. The SMILES string of the molecule is COc1cccc(NC(=O)COC(=O)c2ccc3c(c2)OCCO3)c1. The summed E-state index contributed by atoms with van der Waals surface area (Å²) >= 11 is 0. The molecule has 1 aliphatic heterocycles.